The van der Waals surface area contributed by atoms with Crippen molar-refractivity contribution < 1.29 is 8.78 Å². The van der Waals surface area contributed by atoms with E-state index in [2.05, 4.69) is 26.5 Å². The van der Waals surface area contributed by atoms with E-state index in [1.807, 2.05) is 13.8 Å². The molecule has 1 aromatic carbocycles. The fourth-order valence-electron chi connectivity index (χ4n) is 2.25. The number of hydrazine groups is 1. The van der Waals surface area contributed by atoms with E-state index in [0.717, 1.165) is 6.07 Å². The van der Waals surface area contributed by atoms with Gasteiger partial charge in [0.05, 0.1) is 22.4 Å². The molecule has 3 N–H and O–H groups in total. The van der Waals surface area contributed by atoms with Crippen molar-refractivity contribution in [2.75, 3.05) is 0 Å². The Bertz CT molecular complexity index is 655. The van der Waals surface area contributed by atoms with Crippen molar-refractivity contribution in [1.82, 2.24) is 15.2 Å². The van der Waals surface area contributed by atoms with Gasteiger partial charge in [0.25, 0.3) is 0 Å². The first-order chi connectivity index (χ1) is 9.86. The SMILES string of the molecule is Cc1cc(C(NN)c2c(Br)cnn2C(C)C)c(F)cc1F. The highest BCUT2D eigenvalue weighted by atomic mass is 79.9. The zero-order valence-corrected chi connectivity index (χ0v) is 13.6. The molecule has 0 saturated heterocycles. The molecule has 114 valence electrons. The maximum atomic E-state index is 14.1. The molecule has 0 radical (unpaired) electrons. The van der Waals surface area contributed by atoms with Gasteiger partial charge < -0.3 is 0 Å². The van der Waals surface area contributed by atoms with E-state index in [4.69, 9.17) is 5.84 Å². The van der Waals surface area contributed by atoms with Crippen molar-refractivity contribution in [3.8, 4) is 0 Å². The number of nitrogens with zero attached hydrogens (tertiary/aromatic N) is 2. The van der Waals surface area contributed by atoms with Gasteiger partial charge in [-0.3, -0.25) is 10.5 Å². The Labute approximate surface area is 130 Å². The molecule has 1 aromatic heterocycles. The Hall–Kier alpha value is -1.31. The molecule has 4 nitrogen and oxygen atoms in total. The van der Waals surface area contributed by atoms with Crippen molar-refractivity contribution in [2.24, 2.45) is 5.84 Å². The number of hydrogen-bond acceptors (Lipinski definition) is 3. The van der Waals surface area contributed by atoms with Crippen LogP contribution in [0, 0.1) is 18.6 Å². The summed E-state index contributed by atoms with van der Waals surface area (Å²) in [4.78, 5) is 0. The van der Waals surface area contributed by atoms with Gasteiger partial charge in [0.15, 0.2) is 0 Å². The average molecular weight is 359 g/mol. The zero-order chi connectivity index (χ0) is 15.7. The summed E-state index contributed by atoms with van der Waals surface area (Å²) in [5.74, 6) is 4.39. The second-order valence-electron chi connectivity index (χ2n) is 5.14. The topological polar surface area (TPSA) is 55.9 Å². The lowest BCUT2D eigenvalue weighted by Gasteiger charge is -2.21. The molecule has 0 amide bonds. The third-order valence-corrected chi connectivity index (χ3v) is 3.92. The summed E-state index contributed by atoms with van der Waals surface area (Å²) in [7, 11) is 0. The zero-order valence-electron chi connectivity index (χ0n) is 12.0. The van der Waals surface area contributed by atoms with Gasteiger partial charge in [-0.2, -0.15) is 5.10 Å². The molecule has 0 bridgehead atoms. The molecular formula is C14H17BrF2N4. The van der Waals surface area contributed by atoms with Crippen LogP contribution >= 0.6 is 15.9 Å². The molecule has 0 fully saturated rings. The number of nitrogens with two attached hydrogens (primary N) is 1. The molecule has 0 aliphatic carbocycles. The van der Waals surface area contributed by atoms with E-state index in [1.54, 1.807) is 17.8 Å². The van der Waals surface area contributed by atoms with E-state index in [0.29, 0.717) is 15.7 Å². The van der Waals surface area contributed by atoms with Gasteiger partial charge in [-0.15, -0.1) is 0 Å². The first-order valence-corrected chi connectivity index (χ1v) is 7.30. The number of benzene rings is 1. The lowest BCUT2D eigenvalue weighted by atomic mass is 10.0. The van der Waals surface area contributed by atoms with E-state index >= 15 is 0 Å². The predicted molar refractivity (Wildman–Crippen MR) is 80.6 cm³/mol. The Morgan fingerprint density at radius 1 is 1.29 bits per heavy atom. The first-order valence-electron chi connectivity index (χ1n) is 6.51. The maximum absolute atomic E-state index is 14.1. The van der Waals surface area contributed by atoms with E-state index in [9.17, 15) is 8.78 Å². The summed E-state index contributed by atoms with van der Waals surface area (Å²) in [5.41, 5.74) is 3.92. The molecule has 1 unspecified atom stereocenters. The van der Waals surface area contributed by atoms with Gasteiger partial charge in [0, 0.05) is 17.7 Å². The van der Waals surface area contributed by atoms with Gasteiger partial charge in [0.2, 0.25) is 0 Å². The minimum absolute atomic E-state index is 0.0757. The highest BCUT2D eigenvalue weighted by Gasteiger charge is 2.25. The van der Waals surface area contributed by atoms with Gasteiger partial charge in [-0.25, -0.2) is 14.2 Å². The van der Waals surface area contributed by atoms with Crippen molar-refractivity contribution in [3.63, 3.8) is 0 Å². The second-order valence-corrected chi connectivity index (χ2v) is 5.99. The van der Waals surface area contributed by atoms with Gasteiger partial charge in [-0.1, -0.05) is 0 Å². The lowest BCUT2D eigenvalue weighted by molar-refractivity contribution is 0.464. The number of halogens is 3. The molecular weight excluding hydrogens is 342 g/mol. The van der Waals surface area contributed by atoms with Crippen molar-refractivity contribution in [3.05, 3.63) is 51.3 Å². The molecule has 2 rings (SSSR count). The van der Waals surface area contributed by atoms with E-state index < -0.39 is 17.7 Å². The molecule has 0 aliphatic rings. The van der Waals surface area contributed by atoms with Crippen LogP contribution in [0.4, 0.5) is 8.78 Å². The van der Waals surface area contributed by atoms with E-state index in [-0.39, 0.29) is 11.6 Å². The number of aromatic nitrogens is 2. The normalized spacial score (nSPS) is 13.0. The van der Waals surface area contributed by atoms with Crippen molar-refractivity contribution in [2.45, 2.75) is 32.9 Å². The van der Waals surface area contributed by atoms with Crippen molar-refractivity contribution >= 4 is 15.9 Å². The summed E-state index contributed by atoms with van der Waals surface area (Å²) in [6.45, 7) is 5.51. The van der Waals surface area contributed by atoms with Gasteiger partial charge in [-0.05, 0) is 48.3 Å². The standard InChI is InChI=1S/C14H17BrF2N4/c1-7(2)21-14(10(15)6-19-21)13(20-18)9-4-8(3)11(16)5-12(9)17/h4-7,13,20H,18H2,1-3H3. The second kappa shape index (κ2) is 6.21. The quantitative estimate of drug-likeness (QED) is 0.650. The van der Waals surface area contributed by atoms with Crippen LogP contribution in [0.1, 0.15) is 42.8 Å². The minimum Gasteiger partial charge on any atom is -0.271 e. The van der Waals surface area contributed by atoms with Crippen LogP contribution in [-0.2, 0) is 0 Å². The fourth-order valence-corrected chi connectivity index (χ4v) is 2.75. The predicted octanol–water partition coefficient (Wildman–Crippen LogP) is 3.37. The molecule has 21 heavy (non-hydrogen) atoms. The maximum Gasteiger partial charge on any atom is 0.131 e. The average Bonchev–Trinajstić information content (AvgIpc) is 2.79. The van der Waals surface area contributed by atoms with Crippen LogP contribution in [0.25, 0.3) is 0 Å². The molecule has 0 spiro atoms. The molecule has 1 heterocycles. The molecule has 2 aromatic rings. The van der Waals surface area contributed by atoms with Crippen LogP contribution in [0.3, 0.4) is 0 Å². The molecule has 7 heteroatoms. The van der Waals surface area contributed by atoms with Crippen LogP contribution in [0.15, 0.2) is 22.8 Å². The highest BCUT2D eigenvalue weighted by molar-refractivity contribution is 9.10. The lowest BCUT2D eigenvalue weighted by Crippen LogP contribution is -2.32. The summed E-state index contributed by atoms with van der Waals surface area (Å²) in [6, 6.07) is 1.77. The summed E-state index contributed by atoms with van der Waals surface area (Å²) in [6.07, 6.45) is 1.63. The number of nitrogens with one attached hydrogen (secondary N) is 1. The fraction of sp³-hybridized carbons (Fsp3) is 0.357. The summed E-state index contributed by atoms with van der Waals surface area (Å²) < 4.78 is 30.0. The number of aryl methyl sites for hydroxylation is 1. The third kappa shape index (κ3) is 3.00. The molecule has 0 aliphatic heterocycles. The largest absolute Gasteiger partial charge is 0.271 e. The minimum atomic E-state index is -0.649. The Morgan fingerprint density at radius 2 is 1.95 bits per heavy atom. The van der Waals surface area contributed by atoms with Crippen molar-refractivity contribution in [1.29, 1.82) is 0 Å². The van der Waals surface area contributed by atoms with Crippen LogP contribution in [-0.4, -0.2) is 9.78 Å². The van der Waals surface area contributed by atoms with Crippen LogP contribution in [0.2, 0.25) is 0 Å². The number of hydrogen-bond donors (Lipinski definition) is 2. The highest BCUT2D eigenvalue weighted by Crippen LogP contribution is 2.32. The molecule has 1 atom stereocenters. The Balaban J connectivity index is 2.60. The first kappa shape index (κ1) is 16.1. The summed E-state index contributed by atoms with van der Waals surface area (Å²) >= 11 is 3.41. The summed E-state index contributed by atoms with van der Waals surface area (Å²) in [5, 5.41) is 4.26. The Kier molecular flexibility index (Phi) is 4.75. The number of rotatable bonds is 4. The van der Waals surface area contributed by atoms with E-state index in [1.165, 1.54) is 6.07 Å². The van der Waals surface area contributed by atoms with Gasteiger partial charge >= 0.3 is 0 Å². The Morgan fingerprint density at radius 3 is 2.52 bits per heavy atom. The van der Waals surface area contributed by atoms with Gasteiger partial charge in [0.1, 0.15) is 11.6 Å². The molecule has 0 saturated carbocycles. The third-order valence-electron chi connectivity index (χ3n) is 3.31. The van der Waals surface area contributed by atoms with Crippen LogP contribution in [0.5, 0.6) is 0 Å². The smallest absolute Gasteiger partial charge is 0.131 e. The monoisotopic (exact) mass is 358 g/mol. The van der Waals surface area contributed by atoms with Crippen LogP contribution < -0.4 is 11.3 Å².